The molecular weight excluding hydrogens is 264 g/mol. The van der Waals surface area contributed by atoms with Gasteiger partial charge >= 0.3 is 0 Å². The van der Waals surface area contributed by atoms with Crippen molar-refractivity contribution in [1.82, 2.24) is 5.32 Å². The van der Waals surface area contributed by atoms with Crippen LogP contribution in [-0.4, -0.2) is 17.1 Å². The van der Waals surface area contributed by atoms with E-state index in [-0.39, 0.29) is 17.2 Å². The second kappa shape index (κ2) is 5.29. The van der Waals surface area contributed by atoms with E-state index in [0.717, 1.165) is 24.0 Å². The van der Waals surface area contributed by atoms with Gasteiger partial charge in [-0.2, -0.15) is 5.26 Å². The highest BCUT2D eigenvalue weighted by Crippen LogP contribution is 2.26. The van der Waals surface area contributed by atoms with E-state index in [0.29, 0.717) is 11.6 Å². The highest BCUT2D eigenvalue weighted by Gasteiger charge is 2.23. The number of carbonyl (C=O) groups excluding carboxylic acids is 1. The molecule has 1 fully saturated rings. The number of nitriles is 1. The Morgan fingerprint density at radius 1 is 1.19 bits per heavy atom. The molecule has 0 aliphatic heterocycles. The zero-order chi connectivity index (χ0) is 14.8. The van der Waals surface area contributed by atoms with Crippen LogP contribution in [0.4, 0.5) is 0 Å². The van der Waals surface area contributed by atoms with Crippen LogP contribution in [0.5, 0.6) is 5.75 Å². The third kappa shape index (κ3) is 2.87. The molecule has 3 rings (SSSR count). The van der Waals surface area contributed by atoms with Gasteiger partial charge in [-0.25, -0.2) is 0 Å². The van der Waals surface area contributed by atoms with Crippen molar-refractivity contribution in [2.24, 2.45) is 0 Å². The van der Waals surface area contributed by atoms with E-state index in [2.05, 4.69) is 5.32 Å². The average Bonchev–Trinajstić information content (AvgIpc) is 3.32. The van der Waals surface area contributed by atoms with Gasteiger partial charge in [-0.05, 0) is 48.2 Å². The predicted octanol–water partition coefficient (Wildman–Crippen LogP) is 2.82. The van der Waals surface area contributed by atoms with Crippen LogP contribution >= 0.6 is 0 Å². The third-order valence-corrected chi connectivity index (χ3v) is 3.49. The van der Waals surface area contributed by atoms with E-state index < -0.39 is 0 Å². The first-order valence-electron chi connectivity index (χ1n) is 6.82. The lowest BCUT2D eigenvalue weighted by molar-refractivity contribution is 0.0951. The minimum absolute atomic E-state index is 0.0381. The number of phenols is 1. The Kier molecular flexibility index (Phi) is 3.33. The highest BCUT2D eigenvalue weighted by molar-refractivity contribution is 5.95. The molecule has 0 atom stereocenters. The van der Waals surface area contributed by atoms with Crippen LogP contribution in [0.2, 0.25) is 0 Å². The van der Waals surface area contributed by atoms with Crippen molar-refractivity contribution in [3.63, 3.8) is 0 Å². The summed E-state index contributed by atoms with van der Waals surface area (Å²) in [4.78, 5) is 12.1. The SMILES string of the molecule is N#Cc1cc(-c2cccc(C(=O)NC3CC3)c2)ccc1O. The summed E-state index contributed by atoms with van der Waals surface area (Å²) in [6.07, 6.45) is 2.10. The van der Waals surface area contributed by atoms with Gasteiger partial charge in [-0.1, -0.05) is 18.2 Å². The predicted molar refractivity (Wildman–Crippen MR) is 78.7 cm³/mol. The summed E-state index contributed by atoms with van der Waals surface area (Å²) in [6, 6.07) is 14.4. The lowest BCUT2D eigenvalue weighted by Crippen LogP contribution is -2.25. The Morgan fingerprint density at radius 3 is 2.67 bits per heavy atom. The fraction of sp³-hybridized carbons (Fsp3) is 0.176. The zero-order valence-corrected chi connectivity index (χ0v) is 11.3. The molecule has 0 aromatic heterocycles. The second-order valence-corrected chi connectivity index (χ2v) is 5.17. The van der Waals surface area contributed by atoms with E-state index in [4.69, 9.17) is 5.26 Å². The number of amides is 1. The van der Waals surface area contributed by atoms with Crippen molar-refractivity contribution in [3.8, 4) is 22.9 Å². The van der Waals surface area contributed by atoms with Gasteiger partial charge in [0.2, 0.25) is 0 Å². The molecule has 1 aliphatic rings. The Morgan fingerprint density at radius 2 is 1.95 bits per heavy atom. The minimum Gasteiger partial charge on any atom is -0.507 e. The fourth-order valence-corrected chi connectivity index (χ4v) is 2.14. The summed E-state index contributed by atoms with van der Waals surface area (Å²) in [6.45, 7) is 0. The van der Waals surface area contributed by atoms with Crippen LogP contribution in [0, 0.1) is 11.3 Å². The standard InChI is InChI=1S/C17H14N2O2/c18-10-14-9-12(4-7-16(14)20)11-2-1-3-13(8-11)17(21)19-15-5-6-15/h1-4,7-9,15,20H,5-6H2,(H,19,21). The number of aromatic hydroxyl groups is 1. The van der Waals surface area contributed by atoms with Gasteiger partial charge in [0.15, 0.2) is 0 Å². The molecule has 104 valence electrons. The first-order valence-corrected chi connectivity index (χ1v) is 6.82. The molecule has 2 aromatic rings. The molecular formula is C17H14N2O2. The van der Waals surface area contributed by atoms with E-state index >= 15 is 0 Å². The first-order chi connectivity index (χ1) is 10.2. The molecule has 0 bridgehead atoms. The quantitative estimate of drug-likeness (QED) is 0.906. The normalized spacial score (nSPS) is 13.5. The molecule has 4 heteroatoms. The minimum atomic E-state index is -0.0707. The Balaban J connectivity index is 1.92. The van der Waals surface area contributed by atoms with Gasteiger partial charge in [-0.3, -0.25) is 4.79 Å². The van der Waals surface area contributed by atoms with Gasteiger partial charge in [-0.15, -0.1) is 0 Å². The summed E-state index contributed by atoms with van der Waals surface area (Å²) in [5, 5.41) is 21.5. The number of benzene rings is 2. The smallest absolute Gasteiger partial charge is 0.251 e. The summed E-state index contributed by atoms with van der Waals surface area (Å²) in [5.74, 6) is -0.109. The number of nitrogens with zero attached hydrogens (tertiary/aromatic N) is 1. The van der Waals surface area contributed by atoms with Crippen LogP contribution in [0.3, 0.4) is 0 Å². The van der Waals surface area contributed by atoms with Crippen molar-refractivity contribution in [2.45, 2.75) is 18.9 Å². The molecule has 2 N–H and O–H groups in total. The van der Waals surface area contributed by atoms with Crippen molar-refractivity contribution in [3.05, 3.63) is 53.6 Å². The van der Waals surface area contributed by atoms with Crippen LogP contribution in [0.1, 0.15) is 28.8 Å². The van der Waals surface area contributed by atoms with Crippen LogP contribution in [0.25, 0.3) is 11.1 Å². The molecule has 0 radical (unpaired) electrons. The molecule has 1 aliphatic carbocycles. The maximum Gasteiger partial charge on any atom is 0.251 e. The first kappa shape index (κ1) is 13.2. The van der Waals surface area contributed by atoms with Crippen LogP contribution < -0.4 is 5.32 Å². The molecule has 0 spiro atoms. The van der Waals surface area contributed by atoms with Crippen LogP contribution in [-0.2, 0) is 0 Å². The van der Waals surface area contributed by atoms with E-state index in [1.165, 1.54) is 6.07 Å². The molecule has 0 saturated heterocycles. The van der Waals surface area contributed by atoms with E-state index in [9.17, 15) is 9.90 Å². The number of rotatable bonds is 3. The lowest BCUT2D eigenvalue weighted by atomic mass is 10.0. The average molecular weight is 278 g/mol. The molecule has 0 unspecified atom stereocenters. The molecule has 0 heterocycles. The van der Waals surface area contributed by atoms with E-state index in [1.807, 2.05) is 18.2 Å². The van der Waals surface area contributed by atoms with Crippen molar-refractivity contribution >= 4 is 5.91 Å². The Hall–Kier alpha value is -2.80. The summed E-state index contributed by atoms with van der Waals surface area (Å²) in [5.41, 5.74) is 2.46. The van der Waals surface area contributed by atoms with Crippen molar-refractivity contribution in [2.75, 3.05) is 0 Å². The highest BCUT2D eigenvalue weighted by atomic mass is 16.3. The molecule has 21 heavy (non-hydrogen) atoms. The molecule has 2 aromatic carbocycles. The molecule has 4 nitrogen and oxygen atoms in total. The Labute approximate surface area is 122 Å². The number of hydrogen-bond acceptors (Lipinski definition) is 3. The maximum absolute atomic E-state index is 12.1. The zero-order valence-electron chi connectivity index (χ0n) is 11.3. The number of carbonyl (C=O) groups is 1. The number of hydrogen-bond donors (Lipinski definition) is 2. The van der Waals surface area contributed by atoms with Crippen molar-refractivity contribution < 1.29 is 9.90 Å². The largest absolute Gasteiger partial charge is 0.507 e. The fourth-order valence-electron chi connectivity index (χ4n) is 2.14. The third-order valence-electron chi connectivity index (χ3n) is 3.49. The monoisotopic (exact) mass is 278 g/mol. The maximum atomic E-state index is 12.1. The lowest BCUT2D eigenvalue weighted by Gasteiger charge is -2.07. The molecule has 1 amide bonds. The second-order valence-electron chi connectivity index (χ2n) is 5.17. The van der Waals surface area contributed by atoms with Crippen LogP contribution in [0.15, 0.2) is 42.5 Å². The topological polar surface area (TPSA) is 73.1 Å². The number of nitrogens with one attached hydrogen (secondary N) is 1. The van der Waals surface area contributed by atoms with Gasteiger partial charge in [0, 0.05) is 11.6 Å². The van der Waals surface area contributed by atoms with Gasteiger partial charge in [0.05, 0.1) is 5.56 Å². The van der Waals surface area contributed by atoms with Gasteiger partial charge in [0.1, 0.15) is 11.8 Å². The Bertz CT molecular complexity index is 743. The summed E-state index contributed by atoms with van der Waals surface area (Å²) < 4.78 is 0. The van der Waals surface area contributed by atoms with E-state index in [1.54, 1.807) is 24.3 Å². The van der Waals surface area contributed by atoms with Gasteiger partial charge in [0.25, 0.3) is 5.91 Å². The number of phenolic OH excluding ortho intramolecular Hbond substituents is 1. The van der Waals surface area contributed by atoms with Gasteiger partial charge < -0.3 is 10.4 Å². The molecule has 1 saturated carbocycles. The summed E-state index contributed by atoms with van der Waals surface area (Å²) in [7, 11) is 0. The van der Waals surface area contributed by atoms with Crippen molar-refractivity contribution in [1.29, 1.82) is 5.26 Å². The summed E-state index contributed by atoms with van der Waals surface area (Å²) >= 11 is 0.